The smallest absolute Gasteiger partial charge is 0.221 e. The van der Waals surface area contributed by atoms with Crippen molar-refractivity contribution >= 4 is 23.2 Å². The van der Waals surface area contributed by atoms with Gasteiger partial charge in [0.15, 0.2) is 0 Å². The molecule has 1 aliphatic rings. The molecule has 156 valence electrons. The fourth-order valence-corrected chi connectivity index (χ4v) is 3.34. The number of halogens is 2. The third kappa shape index (κ3) is 6.59. The van der Waals surface area contributed by atoms with Gasteiger partial charge >= 0.3 is 0 Å². The third-order valence-electron chi connectivity index (χ3n) is 4.50. The highest BCUT2D eigenvalue weighted by molar-refractivity contribution is 6.30. The first-order chi connectivity index (χ1) is 13.9. The summed E-state index contributed by atoms with van der Waals surface area (Å²) in [6, 6.07) is 11.1. The van der Waals surface area contributed by atoms with Crippen molar-refractivity contribution in [2.24, 2.45) is 0 Å². The Hall–Kier alpha value is -2.35. The minimum Gasteiger partial charge on any atom is -0.489 e. The molecule has 2 aromatic rings. The van der Waals surface area contributed by atoms with E-state index in [0.29, 0.717) is 23.8 Å². The van der Waals surface area contributed by atoms with Gasteiger partial charge in [-0.25, -0.2) is 4.39 Å². The maximum Gasteiger partial charge on any atom is 0.221 e. The lowest BCUT2D eigenvalue weighted by molar-refractivity contribution is -0.114. The van der Waals surface area contributed by atoms with Crippen molar-refractivity contribution in [3.63, 3.8) is 0 Å². The van der Waals surface area contributed by atoms with Gasteiger partial charge in [-0.2, -0.15) is 0 Å². The lowest BCUT2D eigenvalue weighted by Gasteiger charge is -2.21. The number of aliphatic hydroxyl groups excluding tert-OH is 1. The van der Waals surface area contributed by atoms with Crippen LogP contribution in [0.4, 0.5) is 10.1 Å². The van der Waals surface area contributed by atoms with E-state index < -0.39 is 11.9 Å². The molecular formula is C21H24ClFN2O4. The molecule has 0 saturated carbocycles. The van der Waals surface area contributed by atoms with Crippen molar-refractivity contribution in [2.75, 3.05) is 31.6 Å². The van der Waals surface area contributed by atoms with Gasteiger partial charge in [0.2, 0.25) is 5.91 Å². The van der Waals surface area contributed by atoms with Gasteiger partial charge in [-0.3, -0.25) is 9.69 Å². The summed E-state index contributed by atoms with van der Waals surface area (Å²) in [5.74, 6) is 0.183. The van der Waals surface area contributed by atoms with E-state index >= 15 is 0 Å². The summed E-state index contributed by atoms with van der Waals surface area (Å²) < 4.78 is 25.0. The van der Waals surface area contributed by atoms with Crippen molar-refractivity contribution in [3.8, 4) is 11.5 Å². The summed E-state index contributed by atoms with van der Waals surface area (Å²) in [7, 11) is 0. The Morgan fingerprint density at radius 2 is 2.10 bits per heavy atom. The highest BCUT2D eigenvalue weighted by Crippen LogP contribution is 2.26. The van der Waals surface area contributed by atoms with Crippen LogP contribution in [0, 0.1) is 5.82 Å². The van der Waals surface area contributed by atoms with Gasteiger partial charge in [0.25, 0.3) is 0 Å². The highest BCUT2D eigenvalue weighted by atomic mass is 35.5. The number of likely N-dealkylation sites (tertiary alicyclic amines) is 1. The molecule has 2 N–H and O–H groups in total. The van der Waals surface area contributed by atoms with Crippen LogP contribution in [-0.2, 0) is 4.79 Å². The average Bonchev–Trinajstić information content (AvgIpc) is 3.10. The van der Waals surface area contributed by atoms with E-state index in [0.717, 1.165) is 18.7 Å². The summed E-state index contributed by atoms with van der Waals surface area (Å²) in [4.78, 5) is 13.4. The first-order valence-corrected chi connectivity index (χ1v) is 9.79. The molecule has 1 fully saturated rings. The highest BCUT2D eigenvalue weighted by Gasteiger charge is 2.26. The van der Waals surface area contributed by atoms with Gasteiger partial charge in [0, 0.05) is 37.6 Å². The Morgan fingerprint density at radius 3 is 2.83 bits per heavy atom. The van der Waals surface area contributed by atoms with Gasteiger partial charge < -0.3 is 19.9 Å². The predicted octanol–water partition coefficient (Wildman–Crippen LogP) is 3.33. The van der Waals surface area contributed by atoms with Crippen LogP contribution in [0.1, 0.15) is 13.3 Å². The second-order valence-electron chi connectivity index (χ2n) is 7.03. The fourth-order valence-electron chi connectivity index (χ4n) is 3.21. The minimum atomic E-state index is -0.766. The molecule has 0 spiro atoms. The Bertz CT molecular complexity index is 834. The number of nitrogens with one attached hydrogen (secondary N) is 1. The van der Waals surface area contributed by atoms with Crippen LogP contribution in [0.5, 0.6) is 11.5 Å². The van der Waals surface area contributed by atoms with Crippen LogP contribution in [0.25, 0.3) is 0 Å². The monoisotopic (exact) mass is 422 g/mol. The summed E-state index contributed by atoms with van der Waals surface area (Å²) in [5, 5.41) is 13.6. The molecular weight excluding hydrogens is 399 g/mol. The lowest BCUT2D eigenvalue weighted by Crippen LogP contribution is -2.35. The van der Waals surface area contributed by atoms with E-state index in [9.17, 15) is 14.3 Å². The number of anilines is 1. The number of nitrogens with zero attached hydrogens (tertiary/aromatic N) is 1. The standard InChI is InChI=1S/C21H24ClFN2O4/c1-14(26)24-20-7-4-16(23)10-21(20)28-13-17(27)11-25-9-8-19(12-25)29-18-5-2-15(22)3-6-18/h2-7,10,17,19,27H,8-9,11-13H2,1H3,(H,24,26)/t17-,19-/m0/s1. The van der Waals surface area contributed by atoms with Crippen LogP contribution in [0.15, 0.2) is 42.5 Å². The number of hydrogen-bond acceptors (Lipinski definition) is 5. The van der Waals surface area contributed by atoms with Gasteiger partial charge in [-0.05, 0) is 42.8 Å². The number of ether oxygens (including phenoxy) is 2. The van der Waals surface area contributed by atoms with E-state index in [1.165, 1.54) is 25.1 Å². The van der Waals surface area contributed by atoms with Gasteiger partial charge in [-0.1, -0.05) is 11.6 Å². The molecule has 0 aliphatic carbocycles. The largest absolute Gasteiger partial charge is 0.489 e. The maximum atomic E-state index is 13.5. The van der Waals surface area contributed by atoms with Crippen molar-refractivity contribution in [1.82, 2.24) is 4.90 Å². The third-order valence-corrected chi connectivity index (χ3v) is 4.75. The van der Waals surface area contributed by atoms with E-state index in [1.54, 1.807) is 12.1 Å². The van der Waals surface area contributed by atoms with Gasteiger partial charge in [0.05, 0.1) is 5.69 Å². The molecule has 1 heterocycles. The molecule has 1 saturated heterocycles. The Labute approximate surface area is 174 Å². The molecule has 3 rings (SSSR count). The number of β-amino-alcohol motifs (C(OH)–C–C–N with tert-alkyl or cyclic N) is 1. The van der Waals surface area contributed by atoms with Crippen molar-refractivity contribution in [2.45, 2.75) is 25.6 Å². The topological polar surface area (TPSA) is 71.0 Å². The normalized spacial score (nSPS) is 17.7. The summed E-state index contributed by atoms with van der Waals surface area (Å²) in [5.41, 5.74) is 0.365. The molecule has 1 aliphatic heterocycles. The minimum absolute atomic E-state index is 0.0186. The summed E-state index contributed by atoms with van der Waals surface area (Å²) >= 11 is 5.88. The first-order valence-electron chi connectivity index (χ1n) is 9.41. The van der Waals surface area contributed by atoms with Gasteiger partial charge in [-0.15, -0.1) is 0 Å². The van der Waals surface area contributed by atoms with Crippen LogP contribution < -0.4 is 14.8 Å². The number of carbonyl (C=O) groups excluding carboxylic acids is 1. The van der Waals surface area contributed by atoms with Crippen LogP contribution >= 0.6 is 11.6 Å². The van der Waals surface area contributed by atoms with Crippen molar-refractivity contribution < 1.29 is 23.8 Å². The Balaban J connectivity index is 1.46. The first kappa shape index (κ1) is 21.4. The van der Waals surface area contributed by atoms with E-state index in [4.69, 9.17) is 21.1 Å². The molecule has 29 heavy (non-hydrogen) atoms. The molecule has 0 bridgehead atoms. The molecule has 0 aromatic heterocycles. The second kappa shape index (κ2) is 9.91. The Kier molecular flexibility index (Phi) is 7.30. The van der Waals surface area contributed by atoms with Crippen molar-refractivity contribution in [1.29, 1.82) is 0 Å². The molecule has 2 aromatic carbocycles. The zero-order chi connectivity index (χ0) is 20.8. The number of rotatable bonds is 8. The number of carbonyl (C=O) groups is 1. The number of amides is 1. The number of benzene rings is 2. The van der Waals surface area contributed by atoms with Crippen LogP contribution in [-0.4, -0.2) is 54.4 Å². The molecule has 0 radical (unpaired) electrons. The number of hydrogen-bond donors (Lipinski definition) is 2. The maximum absolute atomic E-state index is 13.5. The predicted molar refractivity (Wildman–Crippen MR) is 109 cm³/mol. The van der Waals surface area contributed by atoms with E-state index in [2.05, 4.69) is 10.2 Å². The molecule has 2 atom stereocenters. The average molecular weight is 423 g/mol. The SMILES string of the molecule is CC(=O)Nc1ccc(F)cc1OC[C@@H](O)CN1CC[C@H](Oc2ccc(Cl)cc2)C1. The zero-order valence-corrected chi connectivity index (χ0v) is 16.9. The van der Waals surface area contributed by atoms with E-state index in [-0.39, 0.29) is 24.4 Å². The zero-order valence-electron chi connectivity index (χ0n) is 16.1. The fraction of sp³-hybridized carbons (Fsp3) is 0.381. The summed E-state index contributed by atoms with van der Waals surface area (Å²) in [6.07, 6.45) is 0.129. The van der Waals surface area contributed by atoms with E-state index in [1.807, 2.05) is 12.1 Å². The number of aliphatic hydroxyl groups is 1. The Morgan fingerprint density at radius 1 is 1.34 bits per heavy atom. The lowest BCUT2D eigenvalue weighted by atomic mass is 10.2. The van der Waals surface area contributed by atoms with Crippen LogP contribution in [0.3, 0.4) is 0 Å². The van der Waals surface area contributed by atoms with Crippen molar-refractivity contribution in [3.05, 3.63) is 53.3 Å². The molecule has 1 amide bonds. The van der Waals surface area contributed by atoms with Gasteiger partial charge in [0.1, 0.15) is 36.1 Å². The summed E-state index contributed by atoms with van der Waals surface area (Å²) in [6.45, 7) is 3.24. The molecule has 6 nitrogen and oxygen atoms in total. The molecule has 8 heteroatoms. The quantitative estimate of drug-likeness (QED) is 0.682. The second-order valence-corrected chi connectivity index (χ2v) is 7.46. The molecule has 0 unspecified atom stereocenters. The van der Waals surface area contributed by atoms with Crippen LogP contribution in [0.2, 0.25) is 5.02 Å².